The molecule has 2 aromatic rings. The molecule has 45 heavy (non-hydrogen) atoms. The molecule has 254 valence electrons. The number of ether oxygens (including phenoxy) is 3. The minimum atomic E-state index is -0.370. The van der Waals surface area contributed by atoms with E-state index in [0.717, 1.165) is 37.9 Å². The summed E-state index contributed by atoms with van der Waals surface area (Å²) >= 11 is 0. The van der Waals surface area contributed by atoms with Crippen LogP contribution in [0.2, 0.25) is 0 Å². The molecule has 0 aliphatic carbocycles. The van der Waals surface area contributed by atoms with Gasteiger partial charge in [-0.05, 0) is 62.4 Å². The van der Waals surface area contributed by atoms with Crippen LogP contribution in [-0.2, 0) is 4.74 Å². The predicted octanol–water partition coefficient (Wildman–Crippen LogP) is 13.0. The topological polar surface area (TPSA) is 44.8 Å². The summed E-state index contributed by atoms with van der Waals surface area (Å²) in [5.74, 6) is 0.757. The Kier molecular flexibility index (Phi) is 22.3. The minimum Gasteiger partial charge on any atom is -0.487 e. The van der Waals surface area contributed by atoms with Gasteiger partial charge >= 0.3 is 5.97 Å². The van der Waals surface area contributed by atoms with E-state index in [2.05, 4.69) is 27.7 Å². The molecule has 0 aliphatic rings. The summed E-state index contributed by atoms with van der Waals surface area (Å²) in [4.78, 5) is 13.1. The molecule has 2 unspecified atom stereocenters. The Morgan fingerprint density at radius 3 is 1.64 bits per heavy atom. The number of para-hydroxylation sites is 2. The summed E-state index contributed by atoms with van der Waals surface area (Å²) in [6.45, 7) is 9.58. The third-order valence-electron chi connectivity index (χ3n) is 8.82. The lowest BCUT2D eigenvalue weighted by Gasteiger charge is -2.20. The van der Waals surface area contributed by atoms with Gasteiger partial charge in [-0.2, -0.15) is 0 Å². The van der Waals surface area contributed by atoms with Crippen molar-refractivity contribution in [2.24, 2.45) is 0 Å². The Hall–Kier alpha value is -2.33. The van der Waals surface area contributed by atoms with E-state index in [9.17, 15) is 4.79 Å². The SMILES string of the molecule is CCCCCCCCCCCCCCOC(C)c1ccc(C(=O)Oc2ccccc2OC(CCC)CCCCCCCC)cc1. The van der Waals surface area contributed by atoms with Gasteiger partial charge in [0.25, 0.3) is 0 Å². The number of benzene rings is 2. The van der Waals surface area contributed by atoms with Gasteiger partial charge in [0.15, 0.2) is 11.5 Å². The molecule has 0 saturated carbocycles. The second-order valence-corrected chi connectivity index (χ2v) is 12.9. The second-order valence-electron chi connectivity index (χ2n) is 12.9. The fourth-order valence-electron chi connectivity index (χ4n) is 5.90. The van der Waals surface area contributed by atoms with Crippen molar-refractivity contribution in [2.75, 3.05) is 6.61 Å². The van der Waals surface area contributed by atoms with Crippen molar-refractivity contribution < 1.29 is 19.0 Å². The van der Waals surface area contributed by atoms with Crippen molar-refractivity contribution in [3.63, 3.8) is 0 Å². The lowest BCUT2D eigenvalue weighted by molar-refractivity contribution is 0.0625. The number of hydrogen-bond acceptors (Lipinski definition) is 4. The van der Waals surface area contributed by atoms with E-state index in [0.29, 0.717) is 17.1 Å². The Morgan fingerprint density at radius 1 is 0.578 bits per heavy atom. The molecule has 0 bridgehead atoms. The molecule has 0 aliphatic heterocycles. The molecule has 0 spiro atoms. The average molecular weight is 623 g/mol. The average Bonchev–Trinajstić information content (AvgIpc) is 3.05. The molecule has 0 saturated heterocycles. The van der Waals surface area contributed by atoms with Crippen molar-refractivity contribution in [1.29, 1.82) is 0 Å². The van der Waals surface area contributed by atoms with E-state index in [1.165, 1.54) is 109 Å². The summed E-state index contributed by atoms with van der Waals surface area (Å²) in [7, 11) is 0. The standard InChI is InChI=1S/C41H66O4/c1-5-8-10-12-14-15-16-17-18-19-21-25-34-43-35(4)36-30-32-37(33-31-36)41(42)45-40-29-24-23-28-39(40)44-38(26-7-3)27-22-20-13-11-9-6-2/h23-24,28-33,35,38H,5-22,25-27,34H2,1-4H3. The Balaban J connectivity index is 1.71. The first-order valence-corrected chi connectivity index (χ1v) is 18.8. The van der Waals surface area contributed by atoms with Crippen LogP contribution in [0.3, 0.4) is 0 Å². The van der Waals surface area contributed by atoms with Crippen LogP contribution < -0.4 is 9.47 Å². The van der Waals surface area contributed by atoms with Crippen molar-refractivity contribution >= 4 is 5.97 Å². The molecular weight excluding hydrogens is 556 g/mol. The van der Waals surface area contributed by atoms with Crippen molar-refractivity contribution in [2.45, 2.75) is 175 Å². The van der Waals surface area contributed by atoms with Gasteiger partial charge in [0, 0.05) is 6.61 Å². The second kappa shape index (κ2) is 25.8. The molecule has 2 atom stereocenters. The van der Waals surface area contributed by atoms with Crippen LogP contribution in [0.25, 0.3) is 0 Å². The Labute approximate surface area is 277 Å². The summed E-state index contributed by atoms with van der Waals surface area (Å²) in [6.07, 6.45) is 27.0. The number of carbonyl (C=O) groups excluding carboxylic acids is 1. The van der Waals surface area contributed by atoms with Crippen LogP contribution >= 0.6 is 0 Å². The number of unbranched alkanes of at least 4 members (excludes halogenated alkanes) is 16. The number of esters is 1. The van der Waals surface area contributed by atoms with Gasteiger partial charge < -0.3 is 14.2 Å². The van der Waals surface area contributed by atoms with E-state index in [1.807, 2.05) is 48.5 Å². The number of carbonyl (C=O) groups is 1. The monoisotopic (exact) mass is 622 g/mol. The molecule has 0 fully saturated rings. The largest absolute Gasteiger partial charge is 0.487 e. The molecule has 0 radical (unpaired) electrons. The van der Waals surface area contributed by atoms with Crippen molar-refractivity contribution in [3.8, 4) is 11.5 Å². The zero-order valence-electron chi connectivity index (χ0n) is 29.5. The molecule has 0 aromatic heterocycles. The highest BCUT2D eigenvalue weighted by Gasteiger charge is 2.17. The van der Waals surface area contributed by atoms with Gasteiger partial charge in [-0.15, -0.1) is 0 Å². The highest BCUT2D eigenvalue weighted by Crippen LogP contribution is 2.30. The van der Waals surface area contributed by atoms with E-state index in [4.69, 9.17) is 14.2 Å². The molecule has 0 N–H and O–H groups in total. The van der Waals surface area contributed by atoms with Crippen LogP contribution in [0.1, 0.15) is 185 Å². The predicted molar refractivity (Wildman–Crippen MR) is 191 cm³/mol. The summed E-state index contributed by atoms with van der Waals surface area (Å²) in [6, 6.07) is 15.2. The Morgan fingerprint density at radius 2 is 1.09 bits per heavy atom. The zero-order valence-corrected chi connectivity index (χ0v) is 29.5. The number of hydrogen-bond donors (Lipinski definition) is 0. The first-order chi connectivity index (χ1) is 22.1. The van der Waals surface area contributed by atoms with Crippen molar-refractivity contribution in [1.82, 2.24) is 0 Å². The van der Waals surface area contributed by atoms with Crippen LogP contribution in [0.5, 0.6) is 11.5 Å². The third kappa shape index (κ3) is 17.8. The molecule has 4 heteroatoms. The van der Waals surface area contributed by atoms with E-state index < -0.39 is 0 Å². The van der Waals surface area contributed by atoms with Gasteiger partial charge in [-0.1, -0.05) is 154 Å². The van der Waals surface area contributed by atoms with Gasteiger partial charge in [-0.25, -0.2) is 4.79 Å². The third-order valence-corrected chi connectivity index (χ3v) is 8.82. The smallest absolute Gasteiger partial charge is 0.343 e. The molecule has 0 heterocycles. The zero-order chi connectivity index (χ0) is 32.4. The molecule has 2 rings (SSSR count). The van der Waals surface area contributed by atoms with Crippen LogP contribution in [-0.4, -0.2) is 18.7 Å². The molecule has 4 nitrogen and oxygen atoms in total. The normalized spacial score (nSPS) is 12.6. The lowest BCUT2D eigenvalue weighted by atomic mass is 10.0. The fourth-order valence-corrected chi connectivity index (χ4v) is 5.90. The van der Waals surface area contributed by atoms with Crippen molar-refractivity contribution in [3.05, 3.63) is 59.7 Å². The first-order valence-electron chi connectivity index (χ1n) is 18.8. The quantitative estimate of drug-likeness (QED) is 0.0538. The Bertz CT molecular complexity index is 985. The maximum atomic E-state index is 13.1. The lowest BCUT2D eigenvalue weighted by Crippen LogP contribution is -2.17. The van der Waals surface area contributed by atoms with E-state index in [-0.39, 0.29) is 18.2 Å². The number of rotatable bonds is 28. The fraction of sp³-hybridized carbons (Fsp3) is 0.683. The molecule has 0 amide bonds. The summed E-state index contributed by atoms with van der Waals surface area (Å²) < 4.78 is 18.4. The van der Waals surface area contributed by atoms with E-state index in [1.54, 1.807) is 0 Å². The van der Waals surface area contributed by atoms with Crippen LogP contribution in [0, 0.1) is 0 Å². The van der Waals surface area contributed by atoms with Crippen LogP contribution in [0.15, 0.2) is 48.5 Å². The highest BCUT2D eigenvalue weighted by atomic mass is 16.6. The summed E-state index contributed by atoms with van der Waals surface area (Å²) in [5.41, 5.74) is 1.60. The maximum Gasteiger partial charge on any atom is 0.343 e. The van der Waals surface area contributed by atoms with Gasteiger partial charge in [0.05, 0.1) is 17.8 Å². The molecule has 2 aromatic carbocycles. The van der Waals surface area contributed by atoms with Gasteiger partial charge in [0.1, 0.15) is 0 Å². The van der Waals surface area contributed by atoms with Gasteiger partial charge in [-0.3, -0.25) is 0 Å². The summed E-state index contributed by atoms with van der Waals surface area (Å²) in [5, 5.41) is 0. The highest BCUT2D eigenvalue weighted by molar-refractivity contribution is 5.91. The maximum absolute atomic E-state index is 13.1. The van der Waals surface area contributed by atoms with Crippen LogP contribution in [0.4, 0.5) is 0 Å². The van der Waals surface area contributed by atoms with E-state index >= 15 is 0 Å². The molecular formula is C41H66O4. The van der Waals surface area contributed by atoms with Gasteiger partial charge in [0.2, 0.25) is 0 Å². The minimum absolute atomic E-state index is 0.000881. The first kappa shape index (κ1) is 38.9.